The number of aromatic amines is 2. The predicted molar refractivity (Wildman–Crippen MR) is 118 cm³/mol. The second-order valence-corrected chi connectivity index (χ2v) is 8.88. The molecular weight excluding hydrogens is 467 g/mol. The molecule has 4 N–H and O–H groups in total. The lowest BCUT2D eigenvalue weighted by Crippen LogP contribution is -2.36. The fraction of sp³-hybridized carbons (Fsp3) is 0.600. The number of fused-ring (bicyclic) bond motifs is 1. The molecule has 3 aliphatic heterocycles. The van der Waals surface area contributed by atoms with E-state index in [0.717, 1.165) is 0 Å². The lowest BCUT2D eigenvalue weighted by atomic mass is 9.81. The zero-order valence-corrected chi connectivity index (χ0v) is 18.7. The Balaban J connectivity index is 1.24. The molecule has 188 valence electrons. The van der Waals surface area contributed by atoms with Crippen LogP contribution in [0.15, 0.2) is 37.6 Å². The van der Waals surface area contributed by atoms with Gasteiger partial charge in [0.2, 0.25) is 0 Å². The van der Waals surface area contributed by atoms with Crippen LogP contribution in [0, 0.1) is 6.92 Å². The lowest BCUT2D eigenvalue weighted by Gasteiger charge is -2.20. The Kier molecular flexibility index (Phi) is 6.37. The molecule has 5 rings (SSSR count). The highest BCUT2D eigenvalue weighted by Crippen LogP contribution is 2.39. The molecule has 0 spiro atoms. The molecule has 0 aliphatic carbocycles. The Bertz CT molecular complexity index is 1320. The Morgan fingerprint density at radius 2 is 1.80 bits per heavy atom. The van der Waals surface area contributed by atoms with Crippen molar-refractivity contribution in [3.8, 4) is 0 Å². The summed E-state index contributed by atoms with van der Waals surface area (Å²) < 4.78 is 26.0. The maximum atomic E-state index is 12.2. The van der Waals surface area contributed by atoms with E-state index >= 15 is 0 Å². The fourth-order valence-electron chi connectivity index (χ4n) is 4.78. The van der Waals surface area contributed by atoms with Crippen molar-refractivity contribution in [2.24, 2.45) is 0 Å². The topological polar surface area (TPSA) is 187 Å². The van der Waals surface area contributed by atoms with Crippen LogP contribution in [-0.4, -0.2) is 73.6 Å². The van der Waals surface area contributed by atoms with Crippen LogP contribution >= 0.6 is 0 Å². The van der Waals surface area contributed by atoms with Crippen molar-refractivity contribution in [3.05, 3.63) is 65.7 Å². The van der Waals surface area contributed by atoms with Crippen molar-refractivity contribution >= 4 is 7.12 Å². The van der Waals surface area contributed by atoms with Crippen LogP contribution in [-0.2, 0) is 18.8 Å². The Morgan fingerprint density at radius 1 is 1.06 bits per heavy atom. The van der Waals surface area contributed by atoms with Crippen LogP contribution in [0.25, 0.3) is 0 Å². The molecule has 3 saturated heterocycles. The molecule has 0 saturated carbocycles. The largest absolute Gasteiger partial charge is 0.457 e. The second-order valence-electron chi connectivity index (χ2n) is 8.88. The molecule has 0 radical (unpaired) electrons. The zero-order chi connectivity index (χ0) is 24.9. The molecule has 0 amide bonds. The molecule has 2 aromatic rings. The van der Waals surface area contributed by atoms with Crippen LogP contribution in [0.5, 0.6) is 0 Å². The molecule has 5 heterocycles. The fourth-order valence-corrected chi connectivity index (χ4v) is 4.78. The van der Waals surface area contributed by atoms with E-state index in [2.05, 4.69) is 9.97 Å². The number of aryl methyl sites for hydroxylation is 1. The quantitative estimate of drug-likeness (QED) is 0.317. The number of hydrogen-bond acceptors (Lipinski definition) is 10. The zero-order valence-electron chi connectivity index (χ0n) is 18.7. The Hall–Kier alpha value is -2.82. The minimum atomic E-state index is -0.903. The molecular formula is C20H25BN4O10. The Labute approximate surface area is 197 Å². The van der Waals surface area contributed by atoms with E-state index in [4.69, 9.17) is 18.8 Å². The van der Waals surface area contributed by atoms with Crippen molar-refractivity contribution in [2.45, 2.75) is 69.1 Å². The van der Waals surface area contributed by atoms with Crippen LogP contribution < -0.4 is 22.5 Å². The summed E-state index contributed by atoms with van der Waals surface area (Å²) in [5.41, 5.74) is -1.97. The van der Waals surface area contributed by atoms with Crippen molar-refractivity contribution in [1.82, 2.24) is 19.1 Å². The van der Waals surface area contributed by atoms with Crippen LogP contribution in [0.3, 0.4) is 0 Å². The van der Waals surface area contributed by atoms with Gasteiger partial charge in [-0.1, -0.05) is 0 Å². The van der Waals surface area contributed by atoms with Crippen molar-refractivity contribution < 1.29 is 29.0 Å². The normalized spacial score (nSPS) is 32.3. The molecule has 0 aromatic carbocycles. The van der Waals surface area contributed by atoms with Gasteiger partial charge in [0, 0.05) is 30.4 Å². The molecule has 3 fully saturated rings. The smallest absolute Gasteiger partial charge is 0.403 e. The van der Waals surface area contributed by atoms with Gasteiger partial charge in [-0.15, -0.1) is 0 Å². The number of rotatable bonds is 6. The Morgan fingerprint density at radius 3 is 2.54 bits per heavy atom. The SMILES string of the molecule is Cc1cn([C@H]2C[C@H](O)[C@@H](CCB3O[C@@H]4[C@H](O3)[C@@H](CO)O[C@H]4n3ccc(=O)[nH]c3=O)O2)c(=O)[nH]c1=O. The van der Waals surface area contributed by atoms with E-state index in [9.17, 15) is 29.4 Å². The first-order valence-corrected chi connectivity index (χ1v) is 11.3. The van der Waals surface area contributed by atoms with Gasteiger partial charge in [0.25, 0.3) is 11.1 Å². The summed E-state index contributed by atoms with van der Waals surface area (Å²) in [7, 11) is -0.711. The average Bonchev–Trinajstić information content (AvgIpc) is 3.48. The van der Waals surface area contributed by atoms with Gasteiger partial charge in [0.1, 0.15) is 24.5 Å². The van der Waals surface area contributed by atoms with Crippen molar-refractivity contribution in [1.29, 1.82) is 0 Å². The van der Waals surface area contributed by atoms with Crippen LogP contribution in [0.4, 0.5) is 0 Å². The number of ether oxygens (including phenoxy) is 2. The maximum Gasteiger partial charge on any atom is 0.457 e. The summed E-state index contributed by atoms with van der Waals surface area (Å²) in [4.78, 5) is 51.8. The van der Waals surface area contributed by atoms with E-state index in [1.807, 2.05) is 0 Å². The minimum absolute atomic E-state index is 0.172. The maximum absolute atomic E-state index is 12.2. The third-order valence-corrected chi connectivity index (χ3v) is 6.56. The van der Waals surface area contributed by atoms with Gasteiger partial charge in [-0.05, 0) is 19.7 Å². The summed E-state index contributed by atoms with van der Waals surface area (Å²) in [6, 6.07) is 1.18. The summed E-state index contributed by atoms with van der Waals surface area (Å²) in [6.45, 7) is 1.21. The number of aliphatic hydroxyl groups is 2. The van der Waals surface area contributed by atoms with Gasteiger partial charge in [-0.2, -0.15) is 0 Å². The van der Waals surface area contributed by atoms with Gasteiger partial charge in [-0.3, -0.25) is 28.7 Å². The summed E-state index contributed by atoms with van der Waals surface area (Å²) in [6.07, 6.45) is -1.63. The number of nitrogens with one attached hydrogen (secondary N) is 2. The lowest BCUT2D eigenvalue weighted by molar-refractivity contribution is -0.0619. The van der Waals surface area contributed by atoms with Gasteiger partial charge < -0.3 is 29.0 Å². The molecule has 35 heavy (non-hydrogen) atoms. The van der Waals surface area contributed by atoms with Gasteiger partial charge in [-0.25, -0.2) is 9.59 Å². The van der Waals surface area contributed by atoms with Crippen molar-refractivity contribution in [2.75, 3.05) is 6.61 Å². The molecule has 14 nitrogen and oxygen atoms in total. The first-order chi connectivity index (χ1) is 16.7. The number of nitrogens with zero attached hydrogens (tertiary/aromatic N) is 2. The molecule has 0 unspecified atom stereocenters. The molecule has 7 atom stereocenters. The minimum Gasteiger partial charge on any atom is -0.403 e. The van der Waals surface area contributed by atoms with Crippen LogP contribution in [0.1, 0.15) is 30.9 Å². The van der Waals surface area contributed by atoms with E-state index in [0.29, 0.717) is 18.3 Å². The van der Waals surface area contributed by atoms with Crippen molar-refractivity contribution in [3.63, 3.8) is 0 Å². The molecule has 3 aliphatic rings. The van der Waals surface area contributed by atoms with Gasteiger partial charge in [0.05, 0.1) is 18.8 Å². The third kappa shape index (κ3) is 4.46. The highest BCUT2D eigenvalue weighted by Gasteiger charge is 2.54. The monoisotopic (exact) mass is 492 g/mol. The van der Waals surface area contributed by atoms with E-state index < -0.39 is 72.6 Å². The first kappa shape index (κ1) is 23.9. The highest BCUT2D eigenvalue weighted by atomic mass is 16.7. The number of aromatic nitrogens is 4. The van der Waals surface area contributed by atoms with Gasteiger partial charge in [0.15, 0.2) is 6.23 Å². The van der Waals surface area contributed by atoms with E-state index in [-0.39, 0.29) is 13.0 Å². The van der Waals surface area contributed by atoms with Gasteiger partial charge >= 0.3 is 18.5 Å². The predicted octanol–water partition coefficient (Wildman–Crippen LogP) is -2.40. The van der Waals surface area contributed by atoms with Crippen LogP contribution in [0.2, 0.25) is 6.32 Å². The second kappa shape index (κ2) is 9.33. The molecule has 15 heteroatoms. The standard InChI is InChI=1S/C20H25BN4O10/c1-9-7-25(20(31)23-17(9)29)14-6-10(27)11(32-14)2-4-21-34-15-12(8-26)33-18(16(15)35-21)24-5-3-13(28)22-19(24)30/h3,5,7,10-12,14-16,18,26-27H,2,4,6,8H2,1H3,(H,22,28,30)(H,23,29,31)/t10-,11+,12+,14+,15+,16+,18+/m0/s1. The number of hydrogen-bond donors (Lipinski definition) is 4. The first-order valence-electron chi connectivity index (χ1n) is 11.3. The average molecular weight is 492 g/mol. The van der Waals surface area contributed by atoms with E-state index in [1.165, 1.54) is 27.6 Å². The number of H-pyrrole nitrogens is 2. The summed E-state index contributed by atoms with van der Waals surface area (Å²) in [5.74, 6) is 0. The number of aliphatic hydroxyl groups excluding tert-OH is 2. The summed E-state index contributed by atoms with van der Waals surface area (Å²) >= 11 is 0. The summed E-state index contributed by atoms with van der Waals surface area (Å²) in [5, 5.41) is 20.2. The van der Waals surface area contributed by atoms with E-state index in [1.54, 1.807) is 6.92 Å². The molecule has 2 aromatic heterocycles. The third-order valence-electron chi connectivity index (χ3n) is 6.56. The highest BCUT2D eigenvalue weighted by molar-refractivity contribution is 6.45. The molecule has 0 bridgehead atoms.